The van der Waals surface area contributed by atoms with Crippen LogP contribution in [0.5, 0.6) is 11.5 Å². The van der Waals surface area contributed by atoms with Crippen molar-refractivity contribution in [3.05, 3.63) is 34.9 Å². The van der Waals surface area contributed by atoms with Gasteiger partial charge in [0, 0.05) is 50.9 Å². The van der Waals surface area contributed by atoms with Crippen LogP contribution in [0.2, 0.25) is 0 Å². The number of benzene rings is 1. The van der Waals surface area contributed by atoms with Crippen LogP contribution in [0.3, 0.4) is 0 Å². The summed E-state index contributed by atoms with van der Waals surface area (Å²) in [7, 11) is 2.76. The smallest absolute Gasteiger partial charge is 0.342 e. The Balaban J connectivity index is 1.73. The van der Waals surface area contributed by atoms with E-state index >= 15 is 0 Å². The van der Waals surface area contributed by atoms with E-state index in [2.05, 4.69) is 11.9 Å². The molecule has 12 nitrogen and oxygen atoms in total. The van der Waals surface area contributed by atoms with Crippen molar-refractivity contribution < 1.29 is 54.1 Å². The third-order valence-corrected chi connectivity index (χ3v) is 9.02. The minimum Gasteiger partial charge on any atom is -0.508 e. The molecule has 1 amide bonds. The maximum atomic E-state index is 12.9. The van der Waals surface area contributed by atoms with Gasteiger partial charge < -0.3 is 49.8 Å². The predicted octanol–water partition coefficient (Wildman–Crippen LogP) is 1.85. The van der Waals surface area contributed by atoms with Crippen LogP contribution in [0.15, 0.2) is 18.2 Å². The molecule has 3 rings (SSSR count). The highest BCUT2D eigenvalue weighted by Crippen LogP contribution is 2.42. The van der Waals surface area contributed by atoms with Crippen molar-refractivity contribution in [1.82, 2.24) is 5.32 Å². The molecule has 9 atom stereocenters. The first kappa shape index (κ1) is 34.7. The van der Waals surface area contributed by atoms with Gasteiger partial charge in [-0.05, 0) is 31.4 Å². The van der Waals surface area contributed by atoms with Crippen molar-refractivity contribution >= 4 is 11.9 Å². The molecule has 6 N–H and O–H groups in total. The summed E-state index contributed by atoms with van der Waals surface area (Å²) in [6.07, 6.45) is -6.89. The summed E-state index contributed by atoms with van der Waals surface area (Å²) in [4.78, 5) is 25.6. The number of hydrogen-bond donors (Lipinski definition) is 6. The monoisotopic (exact) mass is 609 g/mol. The summed E-state index contributed by atoms with van der Waals surface area (Å²) in [6, 6.07) is 1.10. The molecule has 12 heteroatoms. The molecule has 2 heterocycles. The number of aliphatic hydroxyl groups excluding tert-OH is 3. The van der Waals surface area contributed by atoms with E-state index in [-0.39, 0.29) is 42.7 Å². The summed E-state index contributed by atoms with van der Waals surface area (Å²) >= 11 is 0. The van der Waals surface area contributed by atoms with Gasteiger partial charge in [-0.1, -0.05) is 26.3 Å². The van der Waals surface area contributed by atoms with Gasteiger partial charge in [0.05, 0.1) is 24.4 Å². The Bertz CT molecular complexity index is 1180. The van der Waals surface area contributed by atoms with Crippen LogP contribution in [0.1, 0.15) is 68.4 Å². The maximum Gasteiger partial charge on any atom is 0.342 e. The van der Waals surface area contributed by atoms with Crippen LogP contribution < -0.4 is 5.32 Å². The minimum absolute atomic E-state index is 0.00479. The highest BCUT2D eigenvalue weighted by atomic mass is 16.6. The average molecular weight is 610 g/mol. The van der Waals surface area contributed by atoms with Gasteiger partial charge in [0.1, 0.15) is 29.3 Å². The molecule has 1 saturated heterocycles. The van der Waals surface area contributed by atoms with E-state index in [1.54, 1.807) is 20.8 Å². The molecule has 1 fully saturated rings. The molecule has 0 aliphatic carbocycles. The SMILES string of the molecule is C=C(C)C[C@@H](OC)[C@H](O)C(=O)N[C@@H](OC)[C@@H]1C[C@@H](O)C(C)(C)[C@@H](C[C@H](O)[C@@H](C)C2Cc3c(C)c(O)cc(O)c3C(=O)O2)O1. The molecule has 0 radical (unpaired) electrons. The van der Waals surface area contributed by atoms with E-state index in [1.165, 1.54) is 14.2 Å². The quantitative estimate of drug-likeness (QED) is 0.115. The number of hydrogen-bond acceptors (Lipinski definition) is 11. The maximum absolute atomic E-state index is 12.9. The topological polar surface area (TPSA) is 184 Å². The van der Waals surface area contributed by atoms with E-state index < -0.39 is 72.2 Å². The van der Waals surface area contributed by atoms with Crippen LogP contribution in [-0.2, 0) is 30.2 Å². The van der Waals surface area contributed by atoms with Crippen molar-refractivity contribution in [3.8, 4) is 11.5 Å². The highest BCUT2D eigenvalue weighted by molar-refractivity contribution is 5.96. The van der Waals surface area contributed by atoms with E-state index in [9.17, 15) is 35.1 Å². The van der Waals surface area contributed by atoms with Crippen LogP contribution in [0.4, 0.5) is 0 Å². The lowest BCUT2D eigenvalue weighted by molar-refractivity contribution is -0.217. The molecule has 43 heavy (non-hydrogen) atoms. The number of fused-ring (bicyclic) bond motifs is 1. The van der Waals surface area contributed by atoms with Crippen LogP contribution in [0, 0.1) is 18.3 Å². The van der Waals surface area contributed by atoms with Crippen LogP contribution >= 0.6 is 0 Å². The molecule has 2 aliphatic heterocycles. The number of aliphatic hydroxyl groups is 3. The molecule has 1 aromatic rings. The van der Waals surface area contributed by atoms with E-state index in [0.717, 1.165) is 11.6 Å². The lowest BCUT2D eigenvalue weighted by Crippen LogP contribution is -2.59. The summed E-state index contributed by atoms with van der Waals surface area (Å²) in [6.45, 7) is 12.6. The number of carbonyl (C=O) groups is 2. The van der Waals surface area contributed by atoms with Crippen molar-refractivity contribution in [2.45, 2.75) is 109 Å². The van der Waals surface area contributed by atoms with Gasteiger partial charge in [-0.3, -0.25) is 4.79 Å². The van der Waals surface area contributed by atoms with Gasteiger partial charge in [0.15, 0.2) is 12.3 Å². The van der Waals surface area contributed by atoms with Crippen LogP contribution in [-0.4, -0.2) is 101 Å². The molecule has 0 saturated carbocycles. The average Bonchev–Trinajstić information content (AvgIpc) is 2.94. The fraction of sp³-hybridized carbons (Fsp3) is 0.677. The highest BCUT2D eigenvalue weighted by Gasteiger charge is 2.48. The largest absolute Gasteiger partial charge is 0.508 e. The van der Waals surface area contributed by atoms with Crippen LogP contribution in [0.25, 0.3) is 0 Å². The van der Waals surface area contributed by atoms with Crippen molar-refractivity contribution in [3.63, 3.8) is 0 Å². The molecule has 0 bridgehead atoms. The number of carbonyl (C=O) groups excluding carboxylic acids is 2. The van der Waals surface area contributed by atoms with Gasteiger partial charge >= 0.3 is 5.97 Å². The number of aromatic hydroxyl groups is 2. The summed E-state index contributed by atoms with van der Waals surface area (Å²) in [5.41, 5.74) is 0.851. The summed E-state index contributed by atoms with van der Waals surface area (Å²) in [5.74, 6) is -2.57. The second-order valence-electron chi connectivity index (χ2n) is 12.5. The Morgan fingerprint density at radius 1 is 1.19 bits per heavy atom. The number of cyclic esters (lactones) is 1. The Hall–Kier alpha value is -2.74. The third kappa shape index (κ3) is 7.50. The first-order chi connectivity index (χ1) is 20.0. The number of nitrogens with one attached hydrogen (secondary N) is 1. The third-order valence-electron chi connectivity index (χ3n) is 9.02. The van der Waals surface area contributed by atoms with E-state index in [4.69, 9.17) is 18.9 Å². The first-order valence-corrected chi connectivity index (χ1v) is 14.5. The zero-order valence-corrected chi connectivity index (χ0v) is 26.0. The molecular weight excluding hydrogens is 562 g/mol. The van der Waals surface area contributed by atoms with Crippen molar-refractivity contribution in [1.29, 1.82) is 0 Å². The van der Waals surface area contributed by atoms with Crippen molar-refractivity contribution in [2.24, 2.45) is 11.3 Å². The number of ether oxygens (including phenoxy) is 4. The molecular formula is C31H47NO11. The second kappa shape index (κ2) is 13.9. The lowest BCUT2D eigenvalue weighted by atomic mass is 9.73. The van der Waals surface area contributed by atoms with E-state index in [0.29, 0.717) is 11.1 Å². The lowest BCUT2D eigenvalue weighted by Gasteiger charge is -2.48. The van der Waals surface area contributed by atoms with Gasteiger partial charge in [0.25, 0.3) is 5.91 Å². The number of rotatable bonds is 12. The Labute approximate surface area is 252 Å². The zero-order valence-electron chi connectivity index (χ0n) is 26.0. The summed E-state index contributed by atoms with van der Waals surface area (Å²) in [5, 5.41) is 56.0. The molecule has 1 aromatic carbocycles. The number of phenolic OH excluding ortho intramolecular Hbond substituents is 2. The second-order valence-corrected chi connectivity index (χ2v) is 12.5. The molecule has 2 aliphatic rings. The number of phenols is 2. The molecule has 1 unspecified atom stereocenters. The Morgan fingerprint density at radius 3 is 2.42 bits per heavy atom. The number of amides is 1. The fourth-order valence-corrected chi connectivity index (χ4v) is 5.80. The zero-order chi connectivity index (χ0) is 32.4. The molecule has 242 valence electrons. The van der Waals surface area contributed by atoms with Gasteiger partial charge in [-0.2, -0.15) is 0 Å². The predicted molar refractivity (Wildman–Crippen MR) is 155 cm³/mol. The molecule has 0 aromatic heterocycles. The van der Waals surface area contributed by atoms with Crippen molar-refractivity contribution in [2.75, 3.05) is 14.2 Å². The number of esters is 1. The standard InChI is InChI=1S/C31H47NO11/c1-14(2)9-22(40-7)27(37)28(38)32-29(41-8)23-13-24(36)31(5,6)25(42-23)12-19(34)16(4)21-10-17-15(3)18(33)11-20(35)26(17)30(39)43-21/h11,16,19,21-25,27,29,33-37H,1,9-10,12-13H2,2-8H3,(H,32,38)/t16-,19+,21?,22-,23+,24-,25-,27+,29+/m1/s1. The Kier molecular flexibility index (Phi) is 11.2. The fourth-order valence-electron chi connectivity index (χ4n) is 5.80. The van der Waals surface area contributed by atoms with Gasteiger partial charge in [-0.25, -0.2) is 4.79 Å². The molecule has 0 spiro atoms. The van der Waals surface area contributed by atoms with Gasteiger partial charge in [-0.15, -0.1) is 6.58 Å². The summed E-state index contributed by atoms with van der Waals surface area (Å²) < 4.78 is 22.7. The van der Waals surface area contributed by atoms with Gasteiger partial charge in [0.2, 0.25) is 0 Å². The normalized spacial score (nSPS) is 26.8. The number of methoxy groups -OCH3 is 2. The minimum atomic E-state index is -1.50. The Morgan fingerprint density at radius 2 is 1.84 bits per heavy atom. The van der Waals surface area contributed by atoms with E-state index in [1.807, 2.05) is 13.8 Å². The first-order valence-electron chi connectivity index (χ1n) is 14.5.